The van der Waals surface area contributed by atoms with Crippen molar-refractivity contribution in [2.45, 2.75) is 12.0 Å². The Morgan fingerprint density at radius 2 is 2.41 bits per heavy atom. The van der Waals surface area contributed by atoms with Gasteiger partial charge in [0, 0.05) is 19.6 Å². The van der Waals surface area contributed by atoms with Crippen LogP contribution in [0.4, 0.5) is 10.1 Å². The van der Waals surface area contributed by atoms with Gasteiger partial charge in [0.2, 0.25) is 0 Å². The van der Waals surface area contributed by atoms with Crippen molar-refractivity contribution in [2.75, 3.05) is 25.1 Å². The lowest BCUT2D eigenvalue weighted by Crippen LogP contribution is -2.37. The molecule has 1 heterocycles. The molecule has 1 aromatic carbocycles. The van der Waals surface area contributed by atoms with Gasteiger partial charge < -0.3 is 15.2 Å². The van der Waals surface area contributed by atoms with Crippen LogP contribution in [0.1, 0.15) is 12.0 Å². The molecule has 0 saturated carbocycles. The van der Waals surface area contributed by atoms with E-state index in [0.29, 0.717) is 18.7 Å². The van der Waals surface area contributed by atoms with E-state index in [1.54, 1.807) is 0 Å². The van der Waals surface area contributed by atoms with E-state index in [0.717, 1.165) is 6.07 Å². The van der Waals surface area contributed by atoms with Crippen LogP contribution in [0.25, 0.3) is 0 Å². The molecule has 1 aromatic rings. The SMILES string of the molecule is N#Cc1cc(F)ccc1NCC1(O)CCOC1. The van der Waals surface area contributed by atoms with Crippen molar-refractivity contribution in [1.29, 1.82) is 5.26 Å². The molecule has 90 valence electrons. The van der Waals surface area contributed by atoms with Gasteiger partial charge in [-0.15, -0.1) is 0 Å². The Morgan fingerprint density at radius 3 is 3.06 bits per heavy atom. The summed E-state index contributed by atoms with van der Waals surface area (Å²) in [5.41, 5.74) is -0.150. The van der Waals surface area contributed by atoms with Crippen LogP contribution in [0.5, 0.6) is 0 Å². The first-order chi connectivity index (χ1) is 8.13. The Kier molecular flexibility index (Phi) is 3.27. The number of benzene rings is 1. The van der Waals surface area contributed by atoms with E-state index >= 15 is 0 Å². The third-order valence-corrected chi connectivity index (χ3v) is 2.79. The number of halogens is 1. The summed E-state index contributed by atoms with van der Waals surface area (Å²) in [6.07, 6.45) is 0.559. The van der Waals surface area contributed by atoms with Crippen LogP contribution < -0.4 is 5.32 Å². The largest absolute Gasteiger partial charge is 0.386 e. The number of hydrogen-bond acceptors (Lipinski definition) is 4. The number of nitrogens with one attached hydrogen (secondary N) is 1. The molecule has 1 atom stereocenters. The molecule has 2 rings (SSSR count). The summed E-state index contributed by atoms with van der Waals surface area (Å²) in [4.78, 5) is 0. The molecule has 1 fully saturated rings. The van der Waals surface area contributed by atoms with Gasteiger partial charge in [-0.1, -0.05) is 0 Å². The third-order valence-electron chi connectivity index (χ3n) is 2.79. The molecular weight excluding hydrogens is 223 g/mol. The lowest BCUT2D eigenvalue weighted by atomic mass is 10.0. The summed E-state index contributed by atoms with van der Waals surface area (Å²) < 4.78 is 18.0. The standard InChI is InChI=1S/C12H13FN2O2/c13-10-1-2-11(9(5-10)6-14)15-7-12(16)3-4-17-8-12/h1-2,5,15-16H,3-4,7-8H2. The van der Waals surface area contributed by atoms with Crippen molar-refractivity contribution in [3.05, 3.63) is 29.6 Å². The zero-order valence-electron chi connectivity index (χ0n) is 9.24. The molecule has 0 spiro atoms. The van der Waals surface area contributed by atoms with Gasteiger partial charge in [0.15, 0.2) is 0 Å². The van der Waals surface area contributed by atoms with Crippen LogP contribution in [0.2, 0.25) is 0 Å². The van der Waals surface area contributed by atoms with Crippen molar-refractivity contribution in [1.82, 2.24) is 0 Å². The maximum atomic E-state index is 12.9. The van der Waals surface area contributed by atoms with E-state index in [1.165, 1.54) is 12.1 Å². The summed E-state index contributed by atoms with van der Waals surface area (Å²) in [5.74, 6) is -0.449. The van der Waals surface area contributed by atoms with Gasteiger partial charge in [-0.25, -0.2) is 4.39 Å². The van der Waals surface area contributed by atoms with Crippen molar-refractivity contribution in [3.8, 4) is 6.07 Å². The summed E-state index contributed by atoms with van der Waals surface area (Å²) in [6.45, 7) is 1.10. The second-order valence-corrected chi connectivity index (χ2v) is 4.18. The zero-order valence-corrected chi connectivity index (χ0v) is 9.24. The van der Waals surface area contributed by atoms with E-state index < -0.39 is 11.4 Å². The molecule has 4 nitrogen and oxygen atoms in total. The van der Waals surface area contributed by atoms with Gasteiger partial charge >= 0.3 is 0 Å². The van der Waals surface area contributed by atoms with Crippen LogP contribution in [0.15, 0.2) is 18.2 Å². The van der Waals surface area contributed by atoms with Gasteiger partial charge in [-0.05, 0) is 18.2 Å². The molecule has 0 radical (unpaired) electrons. The van der Waals surface area contributed by atoms with Crippen molar-refractivity contribution < 1.29 is 14.2 Å². The highest BCUT2D eigenvalue weighted by atomic mass is 19.1. The number of ether oxygens (including phenoxy) is 1. The normalized spacial score (nSPS) is 23.4. The lowest BCUT2D eigenvalue weighted by molar-refractivity contribution is 0.0382. The minimum Gasteiger partial charge on any atom is -0.386 e. The van der Waals surface area contributed by atoms with Gasteiger partial charge in [-0.3, -0.25) is 0 Å². The Balaban J connectivity index is 2.06. The smallest absolute Gasteiger partial charge is 0.124 e. The van der Waals surface area contributed by atoms with E-state index in [2.05, 4.69) is 5.32 Å². The van der Waals surface area contributed by atoms with Crippen molar-refractivity contribution >= 4 is 5.69 Å². The van der Waals surface area contributed by atoms with E-state index in [1.807, 2.05) is 6.07 Å². The molecule has 1 aliphatic heterocycles. The number of aliphatic hydroxyl groups is 1. The van der Waals surface area contributed by atoms with E-state index in [4.69, 9.17) is 10.00 Å². The van der Waals surface area contributed by atoms with Gasteiger partial charge in [0.1, 0.15) is 17.5 Å². The second-order valence-electron chi connectivity index (χ2n) is 4.18. The van der Waals surface area contributed by atoms with Crippen molar-refractivity contribution in [2.24, 2.45) is 0 Å². The molecule has 17 heavy (non-hydrogen) atoms. The fourth-order valence-corrected chi connectivity index (χ4v) is 1.76. The monoisotopic (exact) mass is 236 g/mol. The number of rotatable bonds is 3. The van der Waals surface area contributed by atoms with Crippen LogP contribution in [0, 0.1) is 17.1 Å². The maximum absolute atomic E-state index is 12.9. The topological polar surface area (TPSA) is 65.3 Å². The number of hydrogen-bond donors (Lipinski definition) is 2. The molecule has 2 N–H and O–H groups in total. The minimum absolute atomic E-state index is 0.229. The average molecular weight is 236 g/mol. The summed E-state index contributed by atoms with van der Waals surface area (Å²) in [7, 11) is 0. The molecule has 0 amide bonds. The van der Waals surface area contributed by atoms with Crippen molar-refractivity contribution in [3.63, 3.8) is 0 Å². The molecule has 0 aliphatic carbocycles. The Bertz CT molecular complexity index is 450. The van der Waals surface area contributed by atoms with Gasteiger partial charge in [0.05, 0.1) is 17.9 Å². The lowest BCUT2D eigenvalue weighted by Gasteiger charge is -2.21. The molecule has 1 saturated heterocycles. The minimum atomic E-state index is -0.902. The first-order valence-electron chi connectivity index (χ1n) is 5.37. The van der Waals surface area contributed by atoms with Gasteiger partial charge in [0.25, 0.3) is 0 Å². The Hall–Kier alpha value is -1.64. The predicted molar refractivity (Wildman–Crippen MR) is 60.0 cm³/mol. The fourth-order valence-electron chi connectivity index (χ4n) is 1.76. The molecule has 5 heteroatoms. The maximum Gasteiger partial charge on any atom is 0.124 e. The molecule has 0 aromatic heterocycles. The third kappa shape index (κ3) is 2.73. The summed E-state index contributed by atoms with van der Waals surface area (Å²) in [6, 6.07) is 5.84. The number of anilines is 1. The number of nitrogens with zero attached hydrogens (tertiary/aromatic N) is 1. The number of nitriles is 1. The van der Waals surface area contributed by atoms with E-state index in [-0.39, 0.29) is 18.7 Å². The highest BCUT2D eigenvalue weighted by Gasteiger charge is 2.32. The highest BCUT2D eigenvalue weighted by Crippen LogP contribution is 2.21. The van der Waals surface area contributed by atoms with Crippen LogP contribution in [0.3, 0.4) is 0 Å². The molecule has 1 aliphatic rings. The first-order valence-corrected chi connectivity index (χ1v) is 5.37. The molecular formula is C12H13FN2O2. The fraction of sp³-hybridized carbons (Fsp3) is 0.417. The van der Waals surface area contributed by atoms with Crippen LogP contribution >= 0.6 is 0 Å². The Morgan fingerprint density at radius 1 is 1.59 bits per heavy atom. The van der Waals surface area contributed by atoms with Crippen LogP contribution in [-0.4, -0.2) is 30.5 Å². The molecule has 0 bridgehead atoms. The quantitative estimate of drug-likeness (QED) is 0.829. The van der Waals surface area contributed by atoms with Crippen LogP contribution in [-0.2, 0) is 4.74 Å². The van der Waals surface area contributed by atoms with E-state index in [9.17, 15) is 9.50 Å². The predicted octanol–water partition coefficient (Wildman–Crippen LogP) is 1.26. The zero-order chi connectivity index (χ0) is 12.3. The Labute approximate surface area is 98.6 Å². The summed E-state index contributed by atoms with van der Waals surface area (Å²) in [5, 5.41) is 21.8. The summed E-state index contributed by atoms with van der Waals surface area (Å²) >= 11 is 0. The highest BCUT2D eigenvalue weighted by molar-refractivity contribution is 5.57. The van der Waals surface area contributed by atoms with Gasteiger partial charge in [-0.2, -0.15) is 5.26 Å². The average Bonchev–Trinajstić information content (AvgIpc) is 2.75. The molecule has 1 unspecified atom stereocenters. The second kappa shape index (κ2) is 4.70. The first kappa shape index (κ1) is 11.8.